The van der Waals surface area contributed by atoms with Gasteiger partial charge in [-0.3, -0.25) is 4.79 Å². The van der Waals surface area contributed by atoms with E-state index in [0.717, 1.165) is 25.8 Å². The van der Waals surface area contributed by atoms with E-state index in [1.54, 1.807) is 0 Å². The van der Waals surface area contributed by atoms with Crippen LogP contribution in [0.15, 0.2) is 30.3 Å². The van der Waals surface area contributed by atoms with Crippen molar-refractivity contribution in [3.8, 4) is 0 Å². The van der Waals surface area contributed by atoms with E-state index in [1.807, 2.05) is 19.9 Å². The van der Waals surface area contributed by atoms with E-state index in [1.165, 1.54) is 5.56 Å². The predicted octanol–water partition coefficient (Wildman–Crippen LogP) is 2.55. The number of rotatable bonds is 8. The van der Waals surface area contributed by atoms with Crippen LogP contribution < -0.4 is 5.32 Å². The van der Waals surface area contributed by atoms with Crippen molar-refractivity contribution in [3.05, 3.63) is 35.9 Å². The Morgan fingerprint density at radius 2 is 2.00 bits per heavy atom. The average molecular weight is 249 g/mol. The number of aryl methyl sites for hydroxylation is 1. The maximum absolute atomic E-state index is 11.3. The first kappa shape index (κ1) is 14.7. The Kier molecular flexibility index (Phi) is 7.11. The second kappa shape index (κ2) is 8.70. The van der Waals surface area contributed by atoms with Gasteiger partial charge >= 0.3 is 5.97 Å². The fourth-order valence-electron chi connectivity index (χ4n) is 1.77. The number of carbonyl (C=O) groups is 1. The molecule has 1 rings (SSSR count). The van der Waals surface area contributed by atoms with Crippen LogP contribution in [0.1, 0.15) is 32.3 Å². The number of unbranched alkanes of at least 4 members (excludes halogenated alkanes) is 1. The van der Waals surface area contributed by atoms with Crippen molar-refractivity contribution >= 4 is 5.97 Å². The van der Waals surface area contributed by atoms with Gasteiger partial charge in [0.1, 0.15) is 6.04 Å². The van der Waals surface area contributed by atoms with E-state index < -0.39 is 0 Å². The normalized spacial score (nSPS) is 12.1. The van der Waals surface area contributed by atoms with Gasteiger partial charge in [0.05, 0.1) is 6.61 Å². The van der Waals surface area contributed by atoms with Crippen LogP contribution in [0.5, 0.6) is 0 Å². The number of carbonyl (C=O) groups excluding carboxylic acids is 1. The SMILES string of the molecule is CCOC(=O)C(C)NCCCCc1ccccc1. The smallest absolute Gasteiger partial charge is 0.322 e. The van der Waals surface area contributed by atoms with Gasteiger partial charge in [0.15, 0.2) is 0 Å². The Labute approximate surface area is 110 Å². The molecular weight excluding hydrogens is 226 g/mol. The summed E-state index contributed by atoms with van der Waals surface area (Å²) < 4.78 is 4.93. The molecule has 0 spiro atoms. The Morgan fingerprint density at radius 1 is 1.28 bits per heavy atom. The molecule has 0 saturated heterocycles. The molecule has 0 saturated carbocycles. The molecule has 1 aromatic rings. The molecule has 0 amide bonds. The maximum atomic E-state index is 11.3. The second-order valence-corrected chi connectivity index (χ2v) is 4.37. The van der Waals surface area contributed by atoms with Crippen molar-refractivity contribution in [3.63, 3.8) is 0 Å². The predicted molar refractivity (Wildman–Crippen MR) is 73.5 cm³/mol. The third kappa shape index (κ3) is 5.82. The summed E-state index contributed by atoms with van der Waals surface area (Å²) in [7, 11) is 0. The number of esters is 1. The summed E-state index contributed by atoms with van der Waals surface area (Å²) in [6, 6.07) is 10.3. The lowest BCUT2D eigenvalue weighted by Gasteiger charge is -2.12. The summed E-state index contributed by atoms with van der Waals surface area (Å²) in [5, 5.41) is 3.18. The van der Waals surface area contributed by atoms with E-state index >= 15 is 0 Å². The minimum Gasteiger partial charge on any atom is -0.465 e. The largest absolute Gasteiger partial charge is 0.465 e. The number of hydrogen-bond acceptors (Lipinski definition) is 3. The highest BCUT2D eigenvalue weighted by atomic mass is 16.5. The molecule has 1 atom stereocenters. The minimum atomic E-state index is -0.207. The van der Waals surface area contributed by atoms with Crippen molar-refractivity contribution in [2.45, 2.75) is 39.2 Å². The van der Waals surface area contributed by atoms with Gasteiger partial charge in [-0.15, -0.1) is 0 Å². The van der Waals surface area contributed by atoms with E-state index in [-0.39, 0.29) is 12.0 Å². The second-order valence-electron chi connectivity index (χ2n) is 4.37. The lowest BCUT2D eigenvalue weighted by Crippen LogP contribution is -2.35. The summed E-state index contributed by atoms with van der Waals surface area (Å²) in [6.07, 6.45) is 3.29. The number of ether oxygens (including phenoxy) is 1. The van der Waals surface area contributed by atoms with Crippen LogP contribution in [0.25, 0.3) is 0 Å². The molecular formula is C15H23NO2. The molecule has 0 heterocycles. The molecule has 0 fully saturated rings. The lowest BCUT2D eigenvalue weighted by atomic mass is 10.1. The van der Waals surface area contributed by atoms with E-state index in [4.69, 9.17) is 4.74 Å². The Hall–Kier alpha value is -1.35. The van der Waals surface area contributed by atoms with Crippen LogP contribution >= 0.6 is 0 Å². The average Bonchev–Trinajstić information content (AvgIpc) is 2.39. The van der Waals surface area contributed by atoms with Crippen LogP contribution in [0.3, 0.4) is 0 Å². The summed E-state index contributed by atoms with van der Waals surface area (Å²) in [4.78, 5) is 11.3. The molecule has 3 heteroatoms. The molecule has 100 valence electrons. The van der Waals surface area contributed by atoms with Crippen molar-refractivity contribution < 1.29 is 9.53 Å². The molecule has 1 N–H and O–H groups in total. The topological polar surface area (TPSA) is 38.3 Å². The van der Waals surface area contributed by atoms with Gasteiger partial charge in [-0.25, -0.2) is 0 Å². The molecule has 1 aromatic carbocycles. The van der Waals surface area contributed by atoms with Gasteiger partial charge in [-0.05, 0) is 45.2 Å². The molecule has 0 aliphatic heterocycles. The Morgan fingerprint density at radius 3 is 2.67 bits per heavy atom. The zero-order valence-electron chi connectivity index (χ0n) is 11.3. The Bertz CT molecular complexity index is 338. The van der Waals surface area contributed by atoms with Crippen LogP contribution in [-0.2, 0) is 16.0 Å². The quantitative estimate of drug-likeness (QED) is 0.568. The summed E-state index contributed by atoms with van der Waals surface area (Å²) >= 11 is 0. The maximum Gasteiger partial charge on any atom is 0.322 e. The highest BCUT2D eigenvalue weighted by molar-refractivity contribution is 5.75. The van der Waals surface area contributed by atoms with Gasteiger partial charge in [0.25, 0.3) is 0 Å². The van der Waals surface area contributed by atoms with Crippen molar-refractivity contribution in [1.82, 2.24) is 5.32 Å². The van der Waals surface area contributed by atoms with Gasteiger partial charge in [-0.2, -0.15) is 0 Å². The zero-order chi connectivity index (χ0) is 13.2. The molecule has 0 radical (unpaired) electrons. The zero-order valence-corrected chi connectivity index (χ0v) is 11.3. The summed E-state index contributed by atoms with van der Waals surface area (Å²) in [5.74, 6) is -0.166. The van der Waals surface area contributed by atoms with Crippen LogP contribution in [0, 0.1) is 0 Å². The van der Waals surface area contributed by atoms with Gasteiger partial charge in [0, 0.05) is 0 Å². The third-order valence-corrected chi connectivity index (χ3v) is 2.83. The third-order valence-electron chi connectivity index (χ3n) is 2.83. The molecule has 0 aliphatic carbocycles. The standard InChI is InChI=1S/C15H23NO2/c1-3-18-15(17)13(2)16-12-8-7-11-14-9-5-4-6-10-14/h4-6,9-10,13,16H,3,7-8,11-12H2,1-2H3. The van der Waals surface area contributed by atoms with Crippen molar-refractivity contribution in [2.24, 2.45) is 0 Å². The highest BCUT2D eigenvalue weighted by Gasteiger charge is 2.11. The molecule has 3 nitrogen and oxygen atoms in total. The molecule has 1 unspecified atom stereocenters. The summed E-state index contributed by atoms with van der Waals surface area (Å²) in [6.45, 7) is 4.96. The molecule has 0 aliphatic rings. The number of nitrogens with one attached hydrogen (secondary N) is 1. The summed E-state index contributed by atoms with van der Waals surface area (Å²) in [5.41, 5.74) is 1.37. The first-order chi connectivity index (χ1) is 8.74. The molecule has 0 bridgehead atoms. The molecule has 0 aromatic heterocycles. The minimum absolute atomic E-state index is 0.166. The van der Waals surface area contributed by atoms with Gasteiger partial charge in [0.2, 0.25) is 0 Å². The van der Waals surface area contributed by atoms with Crippen LogP contribution in [-0.4, -0.2) is 25.2 Å². The first-order valence-corrected chi connectivity index (χ1v) is 6.68. The Balaban J connectivity index is 2.07. The van der Waals surface area contributed by atoms with Crippen molar-refractivity contribution in [1.29, 1.82) is 0 Å². The van der Waals surface area contributed by atoms with Gasteiger partial charge < -0.3 is 10.1 Å². The number of hydrogen-bond donors (Lipinski definition) is 1. The first-order valence-electron chi connectivity index (χ1n) is 6.68. The van der Waals surface area contributed by atoms with E-state index in [9.17, 15) is 4.79 Å². The van der Waals surface area contributed by atoms with E-state index in [2.05, 4.69) is 29.6 Å². The van der Waals surface area contributed by atoms with Crippen molar-refractivity contribution in [2.75, 3.05) is 13.2 Å². The molecule has 18 heavy (non-hydrogen) atoms. The van der Waals surface area contributed by atoms with Crippen LogP contribution in [0.2, 0.25) is 0 Å². The highest BCUT2D eigenvalue weighted by Crippen LogP contribution is 2.03. The number of benzene rings is 1. The van der Waals surface area contributed by atoms with Gasteiger partial charge in [-0.1, -0.05) is 30.3 Å². The van der Waals surface area contributed by atoms with E-state index in [0.29, 0.717) is 6.61 Å². The lowest BCUT2D eigenvalue weighted by molar-refractivity contribution is -0.145. The monoisotopic (exact) mass is 249 g/mol. The fourth-order valence-corrected chi connectivity index (χ4v) is 1.77. The van der Waals surface area contributed by atoms with Crippen LogP contribution in [0.4, 0.5) is 0 Å². The fraction of sp³-hybridized carbons (Fsp3) is 0.533.